The third-order valence-corrected chi connectivity index (χ3v) is 14.4. The third kappa shape index (κ3) is 29.0. The molecule has 6 heterocycles. The average molecular weight is 1210 g/mol. The van der Waals surface area contributed by atoms with Gasteiger partial charge in [0.15, 0.2) is 0 Å². The Hall–Kier alpha value is -5.46. The number of nitrogens with zero attached hydrogens (tertiary/aromatic N) is 5. The number of hydrogen-bond acceptors (Lipinski definition) is 13. The Morgan fingerprint density at radius 3 is 0.919 bits per heavy atom. The molecule has 0 aromatic heterocycles. The molecule has 0 spiro atoms. The summed E-state index contributed by atoms with van der Waals surface area (Å²) in [6.07, 6.45) is 9.89. The van der Waals surface area contributed by atoms with Crippen LogP contribution in [0.2, 0.25) is 0 Å². The average Bonchev–Trinajstić information content (AvgIpc) is 2.18. The number of carbonyl (C=O) groups excluding carboxylic acids is 4. The summed E-state index contributed by atoms with van der Waals surface area (Å²) in [6, 6.07) is 29.0. The first-order valence-electron chi connectivity index (χ1n) is 31.9. The molecule has 6 aliphatic rings. The second-order valence-corrected chi connectivity index (χ2v) is 25.3. The summed E-state index contributed by atoms with van der Waals surface area (Å²) < 4.78 is 22.2. The van der Waals surface area contributed by atoms with Crippen molar-refractivity contribution >= 4 is 24.4 Å². The number of rotatable bonds is 9. The Bertz CT molecular complexity index is 2110. The van der Waals surface area contributed by atoms with E-state index in [0.29, 0.717) is 58.2 Å². The standard InChI is InChI=1S/3C15H21NO3.C9H17NO2.C5H11N.C4H9N.3C2H6/c3*1-14(2,18)11-15(12-7-5-4-6-8-12)9-10-16(3)13(17)19-15;1-9(2,3)12-8(11)10-6-4-5-7-10;1-6-4-2-3-5-6;1-2-4-5-3-1;3*1-2/h3*4-8,18H,9-11H2,1-3H3;4-7H2,1-3H3;2-5H2,1H3;5H,1-4H2;3*1-2H3. The van der Waals surface area contributed by atoms with Crippen LogP contribution in [0.25, 0.3) is 0 Å². The van der Waals surface area contributed by atoms with Crippen molar-refractivity contribution in [1.29, 1.82) is 0 Å². The van der Waals surface area contributed by atoms with Gasteiger partial charge in [0.25, 0.3) is 0 Å². The molecular formula is C69H118N6O11. The maximum Gasteiger partial charge on any atom is 0.410 e. The molecule has 86 heavy (non-hydrogen) atoms. The van der Waals surface area contributed by atoms with Gasteiger partial charge >= 0.3 is 24.4 Å². The van der Waals surface area contributed by atoms with Gasteiger partial charge in [0, 0.05) is 92.4 Å². The Labute approximate surface area is 520 Å². The van der Waals surface area contributed by atoms with Crippen molar-refractivity contribution in [3.05, 3.63) is 108 Å². The van der Waals surface area contributed by atoms with Crippen molar-refractivity contribution in [2.45, 2.75) is 220 Å². The highest BCUT2D eigenvalue weighted by Gasteiger charge is 2.47. The second kappa shape index (κ2) is 38.1. The molecule has 0 bridgehead atoms. The lowest BCUT2D eigenvalue weighted by Crippen LogP contribution is -2.49. The van der Waals surface area contributed by atoms with E-state index in [9.17, 15) is 34.5 Å². The minimum Gasteiger partial charge on any atom is -0.444 e. The van der Waals surface area contributed by atoms with E-state index in [1.165, 1.54) is 51.9 Å². The molecule has 6 saturated heterocycles. The van der Waals surface area contributed by atoms with E-state index >= 15 is 0 Å². The van der Waals surface area contributed by atoms with Crippen LogP contribution in [0.5, 0.6) is 0 Å². The van der Waals surface area contributed by atoms with Crippen LogP contribution in [-0.4, -0.2) is 174 Å². The van der Waals surface area contributed by atoms with Crippen LogP contribution in [0.3, 0.4) is 0 Å². The van der Waals surface area contributed by atoms with E-state index in [-0.39, 0.29) is 30.0 Å². The van der Waals surface area contributed by atoms with Crippen molar-refractivity contribution in [1.82, 2.24) is 29.8 Å². The Kier molecular flexibility index (Phi) is 34.8. The first-order chi connectivity index (χ1) is 40.4. The number of carbonyl (C=O) groups is 4. The predicted octanol–water partition coefficient (Wildman–Crippen LogP) is 13.7. The maximum atomic E-state index is 11.9. The number of amides is 4. The van der Waals surface area contributed by atoms with E-state index in [2.05, 4.69) is 17.3 Å². The lowest BCUT2D eigenvalue weighted by atomic mass is 9.80. The van der Waals surface area contributed by atoms with Gasteiger partial charge < -0.3 is 64.1 Å². The Morgan fingerprint density at radius 2 is 0.721 bits per heavy atom. The number of hydrogen-bond donors (Lipinski definition) is 4. The molecule has 3 aromatic carbocycles. The first-order valence-corrected chi connectivity index (χ1v) is 31.9. The lowest BCUT2D eigenvalue weighted by molar-refractivity contribution is -0.0939. The van der Waals surface area contributed by atoms with Crippen LogP contribution in [-0.2, 0) is 35.8 Å². The van der Waals surface area contributed by atoms with Crippen molar-refractivity contribution in [3.8, 4) is 0 Å². The molecule has 17 nitrogen and oxygen atoms in total. The SMILES string of the molecule is C1CCNC1.CC.CC.CC.CC(C)(C)OC(=O)N1CCCC1.CN1CCC(CC(C)(C)O)(c2ccccc2)OC1=O.CN1CCC(CC(C)(C)O)(c2ccccc2)OC1=O.CN1CCC(CC(C)(C)O)(c2ccccc2)OC1=O.CN1CCCC1. The van der Waals surface area contributed by atoms with Crippen LogP contribution in [0.1, 0.15) is 198 Å². The van der Waals surface area contributed by atoms with Gasteiger partial charge in [-0.2, -0.15) is 0 Å². The summed E-state index contributed by atoms with van der Waals surface area (Å²) in [4.78, 5) is 55.9. The highest BCUT2D eigenvalue weighted by molar-refractivity contribution is 5.70. The van der Waals surface area contributed by atoms with Crippen molar-refractivity contribution in [3.63, 3.8) is 0 Å². The maximum absolute atomic E-state index is 11.9. The Balaban J connectivity index is 0.000000529. The molecule has 3 aromatic rings. The monoisotopic (exact) mass is 1210 g/mol. The van der Waals surface area contributed by atoms with E-state index in [0.717, 1.165) is 42.6 Å². The smallest absolute Gasteiger partial charge is 0.410 e. The van der Waals surface area contributed by atoms with Gasteiger partial charge in [-0.1, -0.05) is 133 Å². The number of benzene rings is 3. The van der Waals surface area contributed by atoms with Crippen LogP contribution in [0, 0.1) is 0 Å². The fourth-order valence-electron chi connectivity index (χ4n) is 10.5. The molecule has 17 heteroatoms. The lowest BCUT2D eigenvalue weighted by Gasteiger charge is -2.43. The van der Waals surface area contributed by atoms with Crippen LogP contribution >= 0.6 is 0 Å². The van der Waals surface area contributed by atoms with Gasteiger partial charge in [-0.15, -0.1) is 0 Å². The molecule has 0 radical (unpaired) electrons. The summed E-state index contributed by atoms with van der Waals surface area (Å²) in [5.41, 5.74) is -2.42. The molecule has 0 aliphatic carbocycles. The van der Waals surface area contributed by atoms with Crippen molar-refractivity contribution in [2.75, 3.05) is 87.1 Å². The molecule has 4 N–H and O–H groups in total. The van der Waals surface area contributed by atoms with Gasteiger partial charge in [-0.3, -0.25) is 0 Å². The minimum absolute atomic E-state index is 0.167. The van der Waals surface area contributed by atoms with E-state index in [1.54, 1.807) is 82.3 Å². The summed E-state index contributed by atoms with van der Waals surface area (Å²) in [5, 5.41) is 33.7. The van der Waals surface area contributed by atoms with E-state index in [1.807, 2.05) is 153 Å². The number of cyclic esters (lactones) is 3. The van der Waals surface area contributed by atoms with Gasteiger partial charge in [0.05, 0.1) is 16.8 Å². The zero-order valence-corrected chi connectivity index (χ0v) is 56.9. The Morgan fingerprint density at radius 1 is 0.453 bits per heavy atom. The van der Waals surface area contributed by atoms with Crippen molar-refractivity contribution < 1.29 is 53.4 Å². The van der Waals surface area contributed by atoms with Crippen LogP contribution in [0.4, 0.5) is 19.2 Å². The fraction of sp³-hybridized carbons (Fsp3) is 0.681. The number of aliphatic hydroxyl groups is 3. The molecule has 6 aliphatic heterocycles. The molecule has 3 unspecified atom stereocenters. The number of nitrogens with one attached hydrogen (secondary N) is 1. The van der Waals surface area contributed by atoms with Gasteiger partial charge in [-0.05, 0) is 151 Å². The minimum atomic E-state index is -0.897. The summed E-state index contributed by atoms with van der Waals surface area (Å²) in [7, 11) is 7.34. The van der Waals surface area contributed by atoms with E-state index < -0.39 is 33.6 Å². The third-order valence-electron chi connectivity index (χ3n) is 14.4. The zero-order chi connectivity index (χ0) is 65.4. The van der Waals surface area contributed by atoms with Crippen LogP contribution < -0.4 is 5.32 Å². The van der Waals surface area contributed by atoms with Crippen molar-refractivity contribution in [2.24, 2.45) is 0 Å². The summed E-state index contributed by atoms with van der Waals surface area (Å²) >= 11 is 0. The molecule has 0 saturated carbocycles. The highest BCUT2D eigenvalue weighted by atomic mass is 16.6. The van der Waals surface area contributed by atoms with Gasteiger partial charge in [-0.25, -0.2) is 19.2 Å². The molecule has 9 rings (SSSR count). The molecule has 3 atom stereocenters. The molecular weight excluding hydrogens is 1090 g/mol. The van der Waals surface area contributed by atoms with E-state index in [4.69, 9.17) is 18.9 Å². The molecule has 490 valence electrons. The first kappa shape index (κ1) is 78.6. The predicted molar refractivity (Wildman–Crippen MR) is 348 cm³/mol. The largest absolute Gasteiger partial charge is 0.444 e. The second-order valence-electron chi connectivity index (χ2n) is 25.3. The highest BCUT2D eigenvalue weighted by Crippen LogP contribution is 2.43. The topological polar surface area (TPSA) is 194 Å². The van der Waals surface area contributed by atoms with Gasteiger partial charge in [0.1, 0.15) is 22.4 Å². The molecule has 4 amide bonds. The van der Waals surface area contributed by atoms with Crippen LogP contribution in [0.15, 0.2) is 91.0 Å². The summed E-state index contributed by atoms with van der Waals surface area (Å²) in [6.45, 7) is 36.8. The number of likely N-dealkylation sites (tertiary alicyclic amines) is 2. The normalized spacial score (nSPS) is 22.0. The quantitative estimate of drug-likeness (QED) is 0.148. The molecule has 6 fully saturated rings. The zero-order valence-electron chi connectivity index (χ0n) is 56.9. The summed E-state index contributed by atoms with van der Waals surface area (Å²) in [5.74, 6) is 0. The fourth-order valence-corrected chi connectivity index (χ4v) is 10.5. The van der Waals surface area contributed by atoms with Gasteiger partial charge in [0.2, 0.25) is 0 Å². The number of ether oxygens (including phenoxy) is 4.